The minimum Gasteiger partial charge on any atom is -0.481 e. The van der Waals surface area contributed by atoms with Crippen LogP contribution in [0.3, 0.4) is 0 Å². The van der Waals surface area contributed by atoms with Crippen molar-refractivity contribution in [2.75, 3.05) is 5.75 Å². The molecular formula is C14H13N3O2S2. The molecule has 7 heteroatoms. The Hall–Kier alpha value is -1.86. The summed E-state index contributed by atoms with van der Waals surface area (Å²) in [7, 11) is 0. The van der Waals surface area contributed by atoms with E-state index in [0.29, 0.717) is 0 Å². The van der Waals surface area contributed by atoms with Crippen molar-refractivity contribution in [2.24, 2.45) is 0 Å². The first-order valence-corrected chi connectivity index (χ1v) is 8.27. The van der Waals surface area contributed by atoms with Gasteiger partial charge in [-0.05, 0) is 24.6 Å². The Morgan fingerprint density at radius 1 is 1.43 bits per heavy atom. The van der Waals surface area contributed by atoms with Crippen molar-refractivity contribution in [3.8, 4) is 5.13 Å². The molecule has 0 aliphatic heterocycles. The number of carbonyl (C=O) groups is 1. The van der Waals surface area contributed by atoms with Crippen LogP contribution in [0.2, 0.25) is 0 Å². The number of carboxylic acids is 1. The molecule has 0 spiro atoms. The Balaban J connectivity index is 2.02. The molecule has 0 atom stereocenters. The molecule has 0 fully saturated rings. The van der Waals surface area contributed by atoms with Crippen LogP contribution in [-0.2, 0) is 11.2 Å². The van der Waals surface area contributed by atoms with Crippen LogP contribution in [0, 0.1) is 0 Å². The van der Waals surface area contributed by atoms with Crippen molar-refractivity contribution in [2.45, 2.75) is 18.4 Å². The number of hydrogen-bond acceptors (Lipinski definition) is 5. The molecule has 0 saturated carbocycles. The van der Waals surface area contributed by atoms with Crippen LogP contribution < -0.4 is 0 Å². The Bertz CT molecular complexity index is 761. The SMILES string of the molecule is CCc1cc(SCC(=O)O)n(-c2nc3ccccc3s2)n1. The highest BCUT2D eigenvalue weighted by Gasteiger charge is 2.14. The second kappa shape index (κ2) is 5.87. The first kappa shape index (κ1) is 14.1. The predicted octanol–water partition coefficient (Wildman–Crippen LogP) is 3.22. The van der Waals surface area contributed by atoms with Gasteiger partial charge in [0.2, 0.25) is 5.13 Å². The van der Waals surface area contributed by atoms with Gasteiger partial charge in [0.05, 0.1) is 21.7 Å². The van der Waals surface area contributed by atoms with Gasteiger partial charge in [-0.3, -0.25) is 4.79 Å². The van der Waals surface area contributed by atoms with Gasteiger partial charge in [0, 0.05) is 0 Å². The van der Waals surface area contributed by atoms with Crippen molar-refractivity contribution < 1.29 is 9.90 Å². The molecule has 3 rings (SSSR count). The van der Waals surface area contributed by atoms with Crippen LogP contribution in [0.5, 0.6) is 0 Å². The lowest BCUT2D eigenvalue weighted by atomic mass is 10.3. The molecule has 0 bridgehead atoms. The minimum atomic E-state index is -0.838. The highest BCUT2D eigenvalue weighted by atomic mass is 32.2. The number of carboxylic acid groups (broad SMARTS) is 1. The van der Waals surface area contributed by atoms with E-state index in [4.69, 9.17) is 5.11 Å². The molecule has 0 amide bonds. The molecule has 3 aromatic rings. The number of aromatic nitrogens is 3. The zero-order chi connectivity index (χ0) is 14.8. The molecule has 2 aromatic heterocycles. The number of fused-ring (bicyclic) bond motifs is 1. The summed E-state index contributed by atoms with van der Waals surface area (Å²) >= 11 is 2.81. The van der Waals surface area contributed by atoms with E-state index in [1.54, 1.807) is 16.0 Å². The number of para-hydroxylation sites is 1. The van der Waals surface area contributed by atoms with Crippen molar-refractivity contribution in [1.29, 1.82) is 0 Å². The Kier molecular flexibility index (Phi) is 3.94. The molecule has 1 aromatic carbocycles. The second-order valence-electron chi connectivity index (χ2n) is 4.39. The molecule has 1 N–H and O–H groups in total. The van der Waals surface area contributed by atoms with Crippen molar-refractivity contribution in [3.05, 3.63) is 36.0 Å². The molecule has 0 radical (unpaired) electrons. The monoisotopic (exact) mass is 319 g/mol. The average Bonchev–Trinajstić information content (AvgIpc) is 3.08. The quantitative estimate of drug-likeness (QED) is 0.731. The van der Waals surface area contributed by atoms with Gasteiger partial charge >= 0.3 is 5.97 Å². The van der Waals surface area contributed by atoms with Gasteiger partial charge in [-0.2, -0.15) is 9.78 Å². The molecule has 0 aliphatic rings. The molecule has 5 nitrogen and oxygen atoms in total. The van der Waals surface area contributed by atoms with Crippen LogP contribution in [0.1, 0.15) is 12.6 Å². The number of benzene rings is 1. The van der Waals surface area contributed by atoms with E-state index in [1.165, 1.54) is 11.8 Å². The van der Waals surface area contributed by atoms with Crippen LogP contribution >= 0.6 is 23.1 Å². The van der Waals surface area contributed by atoms with E-state index in [2.05, 4.69) is 10.1 Å². The normalized spacial score (nSPS) is 11.1. The molecule has 0 unspecified atom stereocenters. The zero-order valence-electron chi connectivity index (χ0n) is 11.3. The van der Waals surface area contributed by atoms with E-state index < -0.39 is 5.97 Å². The standard InChI is InChI=1S/C14H13N3O2S2/c1-2-9-7-12(20-8-13(18)19)17(16-9)14-15-10-5-3-4-6-11(10)21-14/h3-7H,2,8H2,1H3,(H,18,19). The van der Waals surface area contributed by atoms with E-state index >= 15 is 0 Å². The molecule has 2 heterocycles. The summed E-state index contributed by atoms with van der Waals surface area (Å²) in [5, 5.41) is 15.0. The fourth-order valence-electron chi connectivity index (χ4n) is 1.91. The summed E-state index contributed by atoms with van der Waals surface area (Å²) in [4.78, 5) is 15.4. The largest absolute Gasteiger partial charge is 0.481 e. The number of thiazole rings is 1. The maximum absolute atomic E-state index is 10.8. The summed E-state index contributed by atoms with van der Waals surface area (Å²) in [5.74, 6) is -0.824. The molecule has 0 aliphatic carbocycles. The number of hydrogen-bond donors (Lipinski definition) is 1. The maximum Gasteiger partial charge on any atom is 0.313 e. The fourth-order valence-corrected chi connectivity index (χ4v) is 3.64. The Morgan fingerprint density at radius 3 is 2.95 bits per heavy atom. The van der Waals surface area contributed by atoms with Crippen molar-refractivity contribution >= 4 is 39.3 Å². The zero-order valence-corrected chi connectivity index (χ0v) is 12.9. The molecule has 21 heavy (non-hydrogen) atoms. The van der Waals surface area contributed by atoms with Crippen molar-refractivity contribution in [3.63, 3.8) is 0 Å². The van der Waals surface area contributed by atoms with Gasteiger partial charge in [-0.1, -0.05) is 42.2 Å². The van der Waals surface area contributed by atoms with Crippen LogP contribution in [-0.4, -0.2) is 31.6 Å². The number of aryl methyl sites for hydroxylation is 1. The van der Waals surface area contributed by atoms with Crippen LogP contribution in [0.4, 0.5) is 0 Å². The van der Waals surface area contributed by atoms with Gasteiger partial charge in [0.25, 0.3) is 0 Å². The smallest absolute Gasteiger partial charge is 0.313 e. The van der Waals surface area contributed by atoms with E-state index in [1.807, 2.05) is 37.3 Å². The lowest BCUT2D eigenvalue weighted by Crippen LogP contribution is -2.02. The molecular weight excluding hydrogens is 306 g/mol. The summed E-state index contributed by atoms with van der Waals surface area (Å²) in [6.07, 6.45) is 0.804. The average molecular weight is 319 g/mol. The number of aliphatic carboxylic acids is 1. The summed E-state index contributed by atoms with van der Waals surface area (Å²) in [6.45, 7) is 2.02. The lowest BCUT2D eigenvalue weighted by Gasteiger charge is -2.01. The van der Waals surface area contributed by atoms with Gasteiger partial charge in [0.1, 0.15) is 5.03 Å². The van der Waals surface area contributed by atoms with E-state index in [0.717, 1.165) is 32.5 Å². The molecule has 0 saturated heterocycles. The number of rotatable bonds is 5. The fraction of sp³-hybridized carbons (Fsp3) is 0.214. The Morgan fingerprint density at radius 2 is 2.24 bits per heavy atom. The van der Waals surface area contributed by atoms with Gasteiger partial charge in [0.15, 0.2) is 0 Å². The third kappa shape index (κ3) is 2.93. The van der Waals surface area contributed by atoms with Crippen LogP contribution in [0.15, 0.2) is 35.4 Å². The lowest BCUT2D eigenvalue weighted by molar-refractivity contribution is -0.133. The predicted molar refractivity (Wildman–Crippen MR) is 84.5 cm³/mol. The topological polar surface area (TPSA) is 68.0 Å². The van der Waals surface area contributed by atoms with Gasteiger partial charge in [-0.15, -0.1) is 0 Å². The summed E-state index contributed by atoms with van der Waals surface area (Å²) in [5.41, 5.74) is 1.86. The van der Waals surface area contributed by atoms with E-state index in [-0.39, 0.29) is 5.75 Å². The first-order chi connectivity index (χ1) is 10.2. The minimum absolute atomic E-state index is 0.0136. The van der Waals surface area contributed by atoms with Gasteiger partial charge < -0.3 is 5.11 Å². The highest BCUT2D eigenvalue weighted by molar-refractivity contribution is 7.99. The van der Waals surface area contributed by atoms with Gasteiger partial charge in [-0.25, -0.2) is 4.98 Å². The van der Waals surface area contributed by atoms with Crippen LogP contribution in [0.25, 0.3) is 15.3 Å². The third-order valence-corrected chi connectivity index (χ3v) is 4.89. The van der Waals surface area contributed by atoms with Crippen molar-refractivity contribution in [1.82, 2.24) is 14.8 Å². The second-order valence-corrected chi connectivity index (χ2v) is 6.39. The Labute approximate surface area is 129 Å². The van der Waals surface area contributed by atoms with E-state index in [9.17, 15) is 4.79 Å². The first-order valence-electron chi connectivity index (χ1n) is 6.47. The highest BCUT2D eigenvalue weighted by Crippen LogP contribution is 2.29. The number of nitrogens with zero attached hydrogens (tertiary/aromatic N) is 3. The molecule has 108 valence electrons. The maximum atomic E-state index is 10.8. The summed E-state index contributed by atoms with van der Waals surface area (Å²) < 4.78 is 2.84. The third-order valence-electron chi connectivity index (χ3n) is 2.90. The number of thioether (sulfide) groups is 1. The summed E-state index contributed by atoms with van der Waals surface area (Å²) in [6, 6.07) is 9.84.